The number of hydrogen-bond donors (Lipinski definition) is 1. The molecule has 0 bridgehead atoms. The van der Waals surface area contributed by atoms with Gasteiger partial charge in [0.15, 0.2) is 0 Å². The van der Waals surface area contributed by atoms with Gasteiger partial charge in [0.2, 0.25) is 0 Å². The summed E-state index contributed by atoms with van der Waals surface area (Å²) >= 11 is 0. The number of benzene rings is 1. The lowest BCUT2D eigenvalue weighted by molar-refractivity contribution is 0.122. The van der Waals surface area contributed by atoms with Gasteiger partial charge < -0.3 is 9.84 Å². The second-order valence-electron chi connectivity index (χ2n) is 4.98. The molecule has 0 spiro atoms. The van der Waals surface area contributed by atoms with E-state index < -0.39 is 0 Å². The van der Waals surface area contributed by atoms with Crippen molar-refractivity contribution in [1.82, 2.24) is 0 Å². The Morgan fingerprint density at radius 3 is 2.65 bits per heavy atom. The van der Waals surface area contributed by atoms with E-state index in [1.165, 1.54) is 32.1 Å². The molecule has 1 fully saturated rings. The van der Waals surface area contributed by atoms with Crippen molar-refractivity contribution in [2.45, 2.75) is 51.7 Å². The van der Waals surface area contributed by atoms with Crippen molar-refractivity contribution in [1.29, 1.82) is 0 Å². The Morgan fingerprint density at radius 1 is 1.24 bits per heavy atom. The molecule has 1 aliphatic carbocycles. The first-order chi connectivity index (χ1) is 8.31. The van der Waals surface area contributed by atoms with Crippen LogP contribution in [-0.2, 0) is 6.61 Å². The molecule has 1 aromatic carbocycles. The monoisotopic (exact) mass is 234 g/mol. The minimum absolute atomic E-state index is 0.0988. The lowest BCUT2D eigenvalue weighted by Crippen LogP contribution is -2.25. The molecule has 17 heavy (non-hydrogen) atoms. The van der Waals surface area contributed by atoms with Crippen molar-refractivity contribution in [3.63, 3.8) is 0 Å². The minimum atomic E-state index is 0.0988. The summed E-state index contributed by atoms with van der Waals surface area (Å²) in [6.07, 6.45) is 6.67. The summed E-state index contributed by atoms with van der Waals surface area (Å²) < 4.78 is 6.01. The summed E-state index contributed by atoms with van der Waals surface area (Å²) in [5.74, 6) is 1.77. The lowest BCUT2D eigenvalue weighted by atomic mass is 9.85. The molecule has 94 valence electrons. The average Bonchev–Trinajstić information content (AvgIpc) is 2.40. The number of aliphatic hydroxyl groups excluding tert-OH is 1. The zero-order chi connectivity index (χ0) is 12.1. The fourth-order valence-electron chi connectivity index (χ4n) is 2.59. The predicted octanol–water partition coefficient (Wildman–Crippen LogP) is 3.53. The molecule has 2 heteroatoms. The summed E-state index contributed by atoms with van der Waals surface area (Å²) in [6.45, 7) is 2.37. The summed E-state index contributed by atoms with van der Waals surface area (Å²) in [4.78, 5) is 0. The molecule has 2 rings (SSSR count). The Bertz CT molecular complexity index is 331. The van der Waals surface area contributed by atoms with Crippen LogP contribution in [0.1, 0.15) is 44.6 Å². The van der Waals surface area contributed by atoms with Crippen LogP contribution in [0, 0.1) is 5.92 Å². The molecule has 0 amide bonds. The Labute approximate surface area is 104 Å². The summed E-state index contributed by atoms with van der Waals surface area (Å²) in [7, 11) is 0. The first kappa shape index (κ1) is 12.4. The Kier molecular flexibility index (Phi) is 4.43. The molecular weight excluding hydrogens is 212 g/mol. The maximum atomic E-state index is 8.98. The normalized spacial score (nSPS) is 24.6. The highest BCUT2D eigenvalue weighted by atomic mass is 16.5. The van der Waals surface area contributed by atoms with E-state index >= 15 is 0 Å². The van der Waals surface area contributed by atoms with Crippen LogP contribution in [0.4, 0.5) is 0 Å². The van der Waals surface area contributed by atoms with Crippen LogP contribution in [0.2, 0.25) is 0 Å². The molecule has 0 aromatic heterocycles. The molecule has 0 heterocycles. The maximum absolute atomic E-state index is 8.98. The highest BCUT2D eigenvalue weighted by molar-refractivity contribution is 5.27. The summed E-state index contributed by atoms with van der Waals surface area (Å²) in [6, 6.07) is 7.77. The Balaban J connectivity index is 1.90. The van der Waals surface area contributed by atoms with Crippen molar-refractivity contribution in [3.8, 4) is 5.75 Å². The van der Waals surface area contributed by atoms with Crippen molar-refractivity contribution in [2.24, 2.45) is 5.92 Å². The third kappa shape index (κ3) is 3.47. The molecular formula is C15H22O2. The van der Waals surface area contributed by atoms with Gasteiger partial charge in [-0.05, 0) is 42.9 Å². The summed E-state index contributed by atoms with van der Waals surface area (Å²) in [5, 5.41) is 8.98. The molecule has 1 aromatic rings. The number of rotatable bonds is 4. The van der Waals surface area contributed by atoms with Gasteiger partial charge in [-0.1, -0.05) is 31.9 Å². The van der Waals surface area contributed by atoms with Crippen molar-refractivity contribution in [3.05, 3.63) is 29.8 Å². The fraction of sp³-hybridized carbons (Fsp3) is 0.600. The quantitative estimate of drug-likeness (QED) is 0.863. The third-order valence-corrected chi connectivity index (χ3v) is 3.72. The molecule has 1 aliphatic rings. The van der Waals surface area contributed by atoms with Crippen molar-refractivity contribution in [2.75, 3.05) is 0 Å². The van der Waals surface area contributed by atoms with E-state index in [9.17, 15) is 0 Å². The van der Waals surface area contributed by atoms with Crippen LogP contribution in [0.5, 0.6) is 5.75 Å². The van der Waals surface area contributed by atoms with Crippen LogP contribution in [0.15, 0.2) is 24.3 Å². The van der Waals surface area contributed by atoms with Crippen LogP contribution in [0.25, 0.3) is 0 Å². The van der Waals surface area contributed by atoms with E-state index in [0.29, 0.717) is 6.10 Å². The number of ether oxygens (including phenoxy) is 1. The SMILES string of the molecule is CCC1CCCC(Oc2ccc(CO)cc2)C1. The third-order valence-electron chi connectivity index (χ3n) is 3.72. The molecule has 1 saturated carbocycles. The van der Waals surface area contributed by atoms with Gasteiger partial charge in [-0.15, -0.1) is 0 Å². The van der Waals surface area contributed by atoms with E-state index in [4.69, 9.17) is 9.84 Å². The molecule has 1 N–H and O–H groups in total. The molecule has 2 unspecified atom stereocenters. The molecule has 0 radical (unpaired) electrons. The van der Waals surface area contributed by atoms with E-state index in [-0.39, 0.29) is 6.61 Å². The number of aliphatic hydroxyl groups is 1. The zero-order valence-electron chi connectivity index (χ0n) is 10.6. The lowest BCUT2D eigenvalue weighted by Gasteiger charge is -2.29. The predicted molar refractivity (Wildman–Crippen MR) is 69.0 cm³/mol. The van der Waals surface area contributed by atoms with Gasteiger partial charge in [-0.2, -0.15) is 0 Å². The van der Waals surface area contributed by atoms with Gasteiger partial charge in [-0.3, -0.25) is 0 Å². The number of hydrogen-bond acceptors (Lipinski definition) is 2. The zero-order valence-corrected chi connectivity index (χ0v) is 10.6. The van der Waals surface area contributed by atoms with Crippen molar-refractivity contribution < 1.29 is 9.84 Å². The van der Waals surface area contributed by atoms with Gasteiger partial charge in [0.25, 0.3) is 0 Å². The van der Waals surface area contributed by atoms with Gasteiger partial charge in [0, 0.05) is 0 Å². The minimum Gasteiger partial charge on any atom is -0.490 e. The highest BCUT2D eigenvalue weighted by Gasteiger charge is 2.21. The Hall–Kier alpha value is -1.02. The van der Waals surface area contributed by atoms with Gasteiger partial charge in [-0.25, -0.2) is 0 Å². The van der Waals surface area contributed by atoms with E-state index in [2.05, 4.69) is 6.92 Å². The van der Waals surface area contributed by atoms with Gasteiger partial charge in [0.1, 0.15) is 5.75 Å². The van der Waals surface area contributed by atoms with Crippen molar-refractivity contribution >= 4 is 0 Å². The fourth-order valence-corrected chi connectivity index (χ4v) is 2.59. The van der Waals surface area contributed by atoms with Crippen LogP contribution >= 0.6 is 0 Å². The second-order valence-corrected chi connectivity index (χ2v) is 4.98. The molecule has 2 atom stereocenters. The largest absolute Gasteiger partial charge is 0.490 e. The first-order valence-corrected chi connectivity index (χ1v) is 6.68. The molecule has 0 aliphatic heterocycles. The molecule has 2 nitrogen and oxygen atoms in total. The molecule has 0 saturated heterocycles. The van der Waals surface area contributed by atoms with Crippen LogP contribution in [0.3, 0.4) is 0 Å². The van der Waals surface area contributed by atoms with E-state index in [1.807, 2.05) is 24.3 Å². The average molecular weight is 234 g/mol. The van der Waals surface area contributed by atoms with Crippen LogP contribution in [-0.4, -0.2) is 11.2 Å². The van der Waals surface area contributed by atoms with E-state index in [0.717, 1.165) is 17.2 Å². The summed E-state index contributed by atoms with van der Waals surface area (Å²) in [5.41, 5.74) is 0.937. The first-order valence-electron chi connectivity index (χ1n) is 6.68. The maximum Gasteiger partial charge on any atom is 0.119 e. The van der Waals surface area contributed by atoms with Gasteiger partial charge in [0.05, 0.1) is 12.7 Å². The smallest absolute Gasteiger partial charge is 0.119 e. The van der Waals surface area contributed by atoms with Crippen LogP contribution < -0.4 is 4.74 Å². The standard InChI is InChI=1S/C15H22O2/c1-2-12-4-3-5-15(10-12)17-14-8-6-13(11-16)7-9-14/h6-9,12,15-16H,2-5,10-11H2,1H3. The highest BCUT2D eigenvalue weighted by Crippen LogP contribution is 2.29. The van der Waals surface area contributed by atoms with Gasteiger partial charge >= 0.3 is 0 Å². The topological polar surface area (TPSA) is 29.5 Å². The van der Waals surface area contributed by atoms with E-state index in [1.54, 1.807) is 0 Å². The Morgan fingerprint density at radius 2 is 2.00 bits per heavy atom. The second kappa shape index (κ2) is 6.06.